The van der Waals surface area contributed by atoms with E-state index in [1.165, 1.54) is 7.11 Å². The molecule has 8 nitrogen and oxygen atoms in total. The molecule has 28 heavy (non-hydrogen) atoms. The smallest absolute Gasteiger partial charge is 0.251 e. The molecule has 1 aromatic heterocycles. The van der Waals surface area contributed by atoms with Crippen LogP contribution in [0.15, 0.2) is 46.9 Å². The first-order valence-electron chi connectivity index (χ1n) is 8.62. The van der Waals surface area contributed by atoms with Crippen molar-refractivity contribution in [2.24, 2.45) is 0 Å². The summed E-state index contributed by atoms with van der Waals surface area (Å²) in [7, 11) is 4.65. The minimum atomic E-state index is -0.231. The number of nitrogens with zero attached hydrogens (tertiary/aromatic N) is 2. The first-order valence-corrected chi connectivity index (χ1v) is 8.62. The molecular formula is C20H21N3O5. The van der Waals surface area contributed by atoms with Crippen LogP contribution in [0.1, 0.15) is 16.2 Å². The van der Waals surface area contributed by atoms with Gasteiger partial charge in [0.2, 0.25) is 5.89 Å². The summed E-state index contributed by atoms with van der Waals surface area (Å²) in [6.45, 7) is 0.348. The first kappa shape index (κ1) is 19.2. The lowest BCUT2D eigenvalue weighted by atomic mass is 10.2. The van der Waals surface area contributed by atoms with Crippen molar-refractivity contribution >= 4 is 5.91 Å². The fourth-order valence-corrected chi connectivity index (χ4v) is 2.65. The molecule has 3 aromatic rings. The van der Waals surface area contributed by atoms with E-state index in [9.17, 15) is 4.79 Å². The molecule has 0 fully saturated rings. The molecule has 0 aliphatic rings. The second-order valence-electron chi connectivity index (χ2n) is 5.78. The third-order valence-corrected chi connectivity index (χ3v) is 4.07. The third-order valence-electron chi connectivity index (χ3n) is 4.07. The molecule has 0 atom stereocenters. The summed E-state index contributed by atoms with van der Waals surface area (Å²) in [5.74, 6) is 2.28. The number of carbonyl (C=O) groups is 1. The zero-order valence-electron chi connectivity index (χ0n) is 15.9. The topological polar surface area (TPSA) is 95.7 Å². The second kappa shape index (κ2) is 8.90. The molecule has 1 heterocycles. The number of carbonyl (C=O) groups excluding carboxylic acids is 1. The zero-order chi connectivity index (χ0) is 19.9. The Bertz CT molecular complexity index is 955. The Morgan fingerprint density at radius 1 is 0.964 bits per heavy atom. The molecule has 0 radical (unpaired) electrons. The third kappa shape index (κ3) is 4.22. The Morgan fingerprint density at radius 3 is 2.46 bits per heavy atom. The van der Waals surface area contributed by atoms with Crippen LogP contribution >= 0.6 is 0 Å². The van der Waals surface area contributed by atoms with Crippen molar-refractivity contribution in [3.8, 4) is 28.7 Å². The molecule has 1 N–H and O–H groups in total. The van der Waals surface area contributed by atoms with E-state index < -0.39 is 0 Å². The van der Waals surface area contributed by atoms with Crippen LogP contribution in [0, 0.1) is 0 Å². The molecule has 0 spiro atoms. The van der Waals surface area contributed by atoms with E-state index in [1.54, 1.807) is 32.4 Å². The van der Waals surface area contributed by atoms with E-state index in [0.29, 0.717) is 47.6 Å². The Hall–Kier alpha value is -3.55. The number of hydrogen-bond acceptors (Lipinski definition) is 7. The molecule has 0 unspecified atom stereocenters. The minimum absolute atomic E-state index is 0.231. The van der Waals surface area contributed by atoms with Crippen molar-refractivity contribution in [3.63, 3.8) is 0 Å². The number of hydrogen-bond donors (Lipinski definition) is 1. The summed E-state index contributed by atoms with van der Waals surface area (Å²) in [5, 5.41) is 10.9. The van der Waals surface area contributed by atoms with Crippen LogP contribution in [0.5, 0.6) is 17.2 Å². The maximum absolute atomic E-state index is 12.3. The van der Waals surface area contributed by atoms with Crippen LogP contribution in [0.4, 0.5) is 0 Å². The van der Waals surface area contributed by atoms with E-state index in [0.717, 1.165) is 5.56 Å². The van der Waals surface area contributed by atoms with Crippen molar-refractivity contribution in [2.45, 2.75) is 6.42 Å². The molecule has 0 saturated carbocycles. The van der Waals surface area contributed by atoms with Crippen molar-refractivity contribution in [1.29, 1.82) is 0 Å². The maximum atomic E-state index is 12.3. The molecular weight excluding hydrogens is 362 g/mol. The molecule has 8 heteroatoms. The zero-order valence-corrected chi connectivity index (χ0v) is 15.9. The fraction of sp³-hybridized carbons (Fsp3) is 0.250. The van der Waals surface area contributed by atoms with Gasteiger partial charge in [-0.25, -0.2) is 0 Å². The van der Waals surface area contributed by atoms with Gasteiger partial charge < -0.3 is 23.9 Å². The van der Waals surface area contributed by atoms with Crippen molar-refractivity contribution in [1.82, 2.24) is 15.5 Å². The van der Waals surface area contributed by atoms with E-state index >= 15 is 0 Å². The van der Waals surface area contributed by atoms with Gasteiger partial charge in [-0.3, -0.25) is 4.79 Å². The van der Waals surface area contributed by atoms with Crippen LogP contribution in [0.25, 0.3) is 11.5 Å². The Kier molecular flexibility index (Phi) is 6.11. The lowest BCUT2D eigenvalue weighted by Crippen LogP contribution is -2.25. The number of aromatic nitrogens is 2. The predicted octanol–water partition coefficient (Wildman–Crippen LogP) is 2.73. The SMILES string of the molecule is COc1ccc(C(=O)NCCc2nnc(-c3ccccc3OC)o2)cc1OC. The molecule has 2 aromatic carbocycles. The van der Waals surface area contributed by atoms with Crippen molar-refractivity contribution in [3.05, 3.63) is 53.9 Å². The lowest BCUT2D eigenvalue weighted by Gasteiger charge is -2.09. The highest BCUT2D eigenvalue weighted by Gasteiger charge is 2.14. The van der Waals surface area contributed by atoms with Crippen LogP contribution in [0.2, 0.25) is 0 Å². The van der Waals surface area contributed by atoms with Gasteiger partial charge in [0.05, 0.1) is 26.9 Å². The van der Waals surface area contributed by atoms with Crippen molar-refractivity contribution in [2.75, 3.05) is 27.9 Å². The molecule has 0 aliphatic heterocycles. The van der Waals surface area contributed by atoms with Gasteiger partial charge in [-0.15, -0.1) is 10.2 Å². The lowest BCUT2D eigenvalue weighted by molar-refractivity contribution is 0.0953. The molecule has 3 rings (SSSR count). The standard InChI is InChI=1S/C20H21N3O5/c1-25-15-7-5-4-6-14(15)20-23-22-18(28-20)10-11-21-19(24)13-8-9-16(26-2)17(12-13)27-3/h4-9,12H,10-11H2,1-3H3,(H,21,24). The number of benzene rings is 2. The van der Waals surface area contributed by atoms with E-state index in [2.05, 4.69) is 15.5 Å². The van der Waals surface area contributed by atoms with Gasteiger partial charge in [0.1, 0.15) is 5.75 Å². The number of rotatable bonds is 8. The summed E-state index contributed by atoms with van der Waals surface area (Å²) >= 11 is 0. The monoisotopic (exact) mass is 383 g/mol. The largest absolute Gasteiger partial charge is 0.496 e. The van der Waals surface area contributed by atoms with Gasteiger partial charge >= 0.3 is 0 Å². The Labute approximate surface area is 162 Å². The number of nitrogens with one attached hydrogen (secondary N) is 1. The minimum Gasteiger partial charge on any atom is -0.496 e. The van der Waals surface area contributed by atoms with Crippen LogP contribution in [0.3, 0.4) is 0 Å². The van der Waals surface area contributed by atoms with E-state index in [-0.39, 0.29) is 5.91 Å². The normalized spacial score (nSPS) is 10.4. The van der Waals surface area contributed by atoms with E-state index in [4.69, 9.17) is 18.6 Å². The number of ether oxygens (including phenoxy) is 3. The summed E-state index contributed by atoms with van der Waals surface area (Å²) in [5.41, 5.74) is 1.19. The van der Waals surface area contributed by atoms with Crippen LogP contribution in [-0.2, 0) is 6.42 Å². The van der Waals surface area contributed by atoms with Gasteiger partial charge in [0, 0.05) is 18.5 Å². The van der Waals surface area contributed by atoms with Gasteiger partial charge in [-0.2, -0.15) is 0 Å². The van der Waals surface area contributed by atoms with Gasteiger partial charge in [0.25, 0.3) is 11.8 Å². The Balaban J connectivity index is 1.60. The predicted molar refractivity (Wildman–Crippen MR) is 102 cm³/mol. The second-order valence-corrected chi connectivity index (χ2v) is 5.78. The van der Waals surface area contributed by atoms with Crippen molar-refractivity contribution < 1.29 is 23.4 Å². The molecule has 0 saturated heterocycles. The molecule has 1 amide bonds. The highest BCUT2D eigenvalue weighted by atomic mass is 16.5. The summed E-state index contributed by atoms with van der Waals surface area (Å²) in [4.78, 5) is 12.3. The Morgan fingerprint density at radius 2 is 1.71 bits per heavy atom. The summed E-state index contributed by atoms with van der Waals surface area (Å²) in [6.07, 6.45) is 0.404. The highest BCUT2D eigenvalue weighted by Crippen LogP contribution is 2.29. The van der Waals surface area contributed by atoms with Gasteiger partial charge in [0.15, 0.2) is 11.5 Å². The number of para-hydroxylation sites is 1. The van der Waals surface area contributed by atoms with Crippen LogP contribution in [-0.4, -0.2) is 44.0 Å². The molecule has 0 bridgehead atoms. The van der Waals surface area contributed by atoms with E-state index in [1.807, 2.05) is 24.3 Å². The summed E-state index contributed by atoms with van der Waals surface area (Å²) < 4.78 is 21.4. The summed E-state index contributed by atoms with van der Waals surface area (Å²) in [6, 6.07) is 12.4. The maximum Gasteiger partial charge on any atom is 0.251 e. The number of amides is 1. The first-order chi connectivity index (χ1) is 13.7. The number of methoxy groups -OCH3 is 3. The van der Waals surface area contributed by atoms with Gasteiger partial charge in [-0.05, 0) is 30.3 Å². The molecule has 0 aliphatic carbocycles. The average molecular weight is 383 g/mol. The highest BCUT2D eigenvalue weighted by molar-refractivity contribution is 5.94. The van der Waals surface area contributed by atoms with Crippen LogP contribution < -0.4 is 19.5 Å². The average Bonchev–Trinajstić information content (AvgIpc) is 3.21. The fourth-order valence-electron chi connectivity index (χ4n) is 2.65. The van der Waals surface area contributed by atoms with Gasteiger partial charge in [-0.1, -0.05) is 12.1 Å². The quantitative estimate of drug-likeness (QED) is 0.639. The molecule has 146 valence electrons.